The van der Waals surface area contributed by atoms with Crippen LogP contribution in [0, 0.1) is 5.41 Å². The Labute approximate surface area is 109 Å². The Morgan fingerprint density at radius 2 is 2.05 bits per heavy atom. The molecule has 1 atom stereocenters. The standard InChI is InChI=1S/C12H15N3O4/c13-11(14)7-2-1-3-8(6-7)15-9(12(18)19)4-5-10(16)17/h1-3,6,9,15H,4-5H2,(H3,13,14)(H,16,17)(H,18,19)/t9-/m0/s1. The first-order valence-corrected chi connectivity index (χ1v) is 5.55. The zero-order valence-electron chi connectivity index (χ0n) is 10.1. The fraction of sp³-hybridized carbons (Fsp3) is 0.250. The molecule has 0 spiro atoms. The van der Waals surface area contributed by atoms with Crippen LogP contribution in [0.2, 0.25) is 0 Å². The Morgan fingerprint density at radius 3 is 2.58 bits per heavy atom. The van der Waals surface area contributed by atoms with Gasteiger partial charge in [0.15, 0.2) is 0 Å². The lowest BCUT2D eigenvalue weighted by atomic mass is 10.1. The van der Waals surface area contributed by atoms with Gasteiger partial charge in [-0.1, -0.05) is 12.1 Å². The quantitative estimate of drug-likeness (QED) is 0.363. The van der Waals surface area contributed by atoms with E-state index in [0.29, 0.717) is 11.3 Å². The van der Waals surface area contributed by atoms with Crippen molar-refractivity contribution in [1.29, 1.82) is 5.41 Å². The molecule has 1 rings (SSSR count). The molecule has 7 heteroatoms. The van der Waals surface area contributed by atoms with Gasteiger partial charge in [0.25, 0.3) is 0 Å². The monoisotopic (exact) mass is 265 g/mol. The van der Waals surface area contributed by atoms with E-state index in [0.717, 1.165) is 0 Å². The van der Waals surface area contributed by atoms with Crippen LogP contribution in [0.25, 0.3) is 0 Å². The van der Waals surface area contributed by atoms with Gasteiger partial charge in [0.2, 0.25) is 0 Å². The minimum atomic E-state index is -1.13. The van der Waals surface area contributed by atoms with Crippen molar-refractivity contribution in [3.05, 3.63) is 29.8 Å². The smallest absolute Gasteiger partial charge is 0.326 e. The van der Waals surface area contributed by atoms with Gasteiger partial charge in [0, 0.05) is 17.7 Å². The van der Waals surface area contributed by atoms with Gasteiger partial charge >= 0.3 is 11.9 Å². The molecule has 0 aliphatic heterocycles. The highest BCUT2D eigenvalue weighted by atomic mass is 16.4. The number of rotatable bonds is 7. The van der Waals surface area contributed by atoms with Gasteiger partial charge in [-0.3, -0.25) is 10.2 Å². The highest BCUT2D eigenvalue weighted by Crippen LogP contribution is 2.13. The number of benzene rings is 1. The third-order valence-corrected chi connectivity index (χ3v) is 2.46. The number of carbonyl (C=O) groups is 2. The summed E-state index contributed by atoms with van der Waals surface area (Å²) in [5.41, 5.74) is 6.28. The van der Waals surface area contributed by atoms with Crippen molar-refractivity contribution in [2.24, 2.45) is 5.73 Å². The number of carboxylic acids is 2. The van der Waals surface area contributed by atoms with Gasteiger partial charge in [-0.05, 0) is 18.6 Å². The lowest BCUT2D eigenvalue weighted by Gasteiger charge is -2.15. The average molecular weight is 265 g/mol. The van der Waals surface area contributed by atoms with Crippen molar-refractivity contribution in [2.75, 3.05) is 5.32 Å². The highest BCUT2D eigenvalue weighted by molar-refractivity contribution is 5.95. The molecule has 19 heavy (non-hydrogen) atoms. The number of hydrogen-bond donors (Lipinski definition) is 5. The zero-order valence-corrected chi connectivity index (χ0v) is 10.1. The maximum Gasteiger partial charge on any atom is 0.326 e. The number of nitrogen functional groups attached to an aromatic ring is 1. The number of amidine groups is 1. The van der Waals surface area contributed by atoms with Crippen LogP contribution in [-0.4, -0.2) is 34.0 Å². The molecule has 0 heterocycles. The van der Waals surface area contributed by atoms with Crippen LogP contribution in [0.3, 0.4) is 0 Å². The third kappa shape index (κ3) is 4.66. The molecule has 6 N–H and O–H groups in total. The molecule has 0 bridgehead atoms. The van der Waals surface area contributed by atoms with Gasteiger partial charge in [0.1, 0.15) is 11.9 Å². The fourth-order valence-electron chi connectivity index (χ4n) is 1.50. The van der Waals surface area contributed by atoms with Crippen LogP contribution in [0.5, 0.6) is 0 Å². The van der Waals surface area contributed by atoms with E-state index in [2.05, 4.69) is 5.32 Å². The molecule has 102 valence electrons. The van der Waals surface area contributed by atoms with E-state index in [1.807, 2.05) is 0 Å². The second-order valence-electron chi connectivity index (χ2n) is 3.96. The zero-order chi connectivity index (χ0) is 14.4. The van der Waals surface area contributed by atoms with Gasteiger partial charge in [-0.25, -0.2) is 4.79 Å². The molecule has 0 radical (unpaired) electrons. The highest BCUT2D eigenvalue weighted by Gasteiger charge is 2.18. The van der Waals surface area contributed by atoms with Crippen LogP contribution < -0.4 is 11.1 Å². The van der Waals surface area contributed by atoms with Crippen molar-refractivity contribution in [1.82, 2.24) is 0 Å². The molecule has 1 aromatic rings. The summed E-state index contributed by atoms with van der Waals surface area (Å²) >= 11 is 0. The Morgan fingerprint density at radius 1 is 1.37 bits per heavy atom. The first kappa shape index (κ1) is 14.5. The topological polar surface area (TPSA) is 136 Å². The summed E-state index contributed by atoms with van der Waals surface area (Å²) in [7, 11) is 0. The summed E-state index contributed by atoms with van der Waals surface area (Å²) in [4.78, 5) is 21.5. The SMILES string of the molecule is N=C(N)c1cccc(N[C@@H](CCC(=O)O)C(=O)O)c1. The van der Waals surface area contributed by atoms with Crippen LogP contribution in [0.4, 0.5) is 5.69 Å². The summed E-state index contributed by atoms with van der Waals surface area (Å²) in [5.74, 6) is -2.30. The van der Waals surface area contributed by atoms with Gasteiger partial charge < -0.3 is 21.3 Å². The Balaban J connectivity index is 2.78. The van der Waals surface area contributed by atoms with Gasteiger partial charge in [-0.2, -0.15) is 0 Å². The summed E-state index contributed by atoms with van der Waals surface area (Å²) in [6, 6.07) is 5.43. The predicted octanol–water partition coefficient (Wildman–Crippen LogP) is 0.701. The van der Waals surface area contributed by atoms with E-state index >= 15 is 0 Å². The Hall–Kier alpha value is -2.57. The second-order valence-corrected chi connectivity index (χ2v) is 3.96. The number of carboxylic acid groups (broad SMARTS) is 2. The van der Waals surface area contributed by atoms with E-state index in [9.17, 15) is 9.59 Å². The van der Waals surface area contributed by atoms with Crippen molar-refractivity contribution in [3.8, 4) is 0 Å². The molecule has 0 saturated carbocycles. The fourth-order valence-corrected chi connectivity index (χ4v) is 1.50. The van der Waals surface area contributed by atoms with Crippen molar-refractivity contribution in [2.45, 2.75) is 18.9 Å². The summed E-state index contributed by atoms with van der Waals surface area (Å²) in [6.45, 7) is 0. The van der Waals surface area contributed by atoms with Crippen LogP contribution in [0.15, 0.2) is 24.3 Å². The predicted molar refractivity (Wildman–Crippen MR) is 69.4 cm³/mol. The third-order valence-electron chi connectivity index (χ3n) is 2.46. The first-order valence-electron chi connectivity index (χ1n) is 5.55. The van der Waals surface area contributed by atoms with Gasteiger partial charge in [0.05, 0.1) is 0 Å². The minimum Gasteiger partial charge on any atom is -0.481 e. The van der Waals surface area contributed by atoms with E-state index in [1.54, 1.807) is 24.3 Å². The molecular weight excluding hydrogens is 250 g/mol. The lowest BCUT2D eigenvalue weighted by molar-refractivity contribution is -0.139. The molecule has 0 aromatic heterocycles. The number of anilines is 1. The summed E-state index contributed by atoms with van der Waals surface area (Å²) in [5, 5.41) is 27.6. The van der Waals surface area contributed by atoms with E-state index in [4.69, 9.17) is 21.4 Å². The van der Waals surface area contributed by atoms with Crippen LogP contribution >= 0.6 is 0 Å². The molecule has 7 nitrogen and oxygen atoms in total. The molecule has 0 saturated heterocycles. The van der Waals surface area contributed by atoms with E-state index in [1.165, 1.54) is 0 Å². The van der Waals surface area contributed by atoms with Crippen LogP contribution in [0.1, 0.15) is 18.4 Å². The molecule has 0 aliphatic carbocycles. The maximum atomic E-state index is 11.0. The maximum absolute atomic E-state index is 11.0. The Kier molecular flexibility index (Phi) is 4.87. The van der Waals surface area contributed by atoms with Crippen molar-refractivity contribution >= 4 is 23.5 Å². The second kappa shape index (κ2) is 6.39. The molecular formula is C12H15N3O4. The summed E-state index contributed by atoms with van der Waals surface area (Å²) in [6.07, 6.45) is -0.272. The molecule has 0 amide bonds. The van der Waals surface area contributed by atoms with E-state index in [-0.39, 0.29) is 18.7 Å². The number of nitrogens with one attached hydrogen (secondary N) is 2. The van der Waals surface area contributed by atoms with E-state index < -0.39 is 18.0 Å². The largest absolute Gasteiger partial charge is 0.481 e. The molecule has 0 unspecified atom stereocenters. The normalized spacial score (nSPS) is 11.6. The molecule has 1 aromatic carbocycles. The number of nitrogens with two attached hydrogens (primary N) is 1. The summed E-state index contributed by atoms with van der Waals surface area (Å²) < 4.78 is 0. The lowest BCUT2D eigenvalue weighted by Crippen LogP contribution is -2.30. The first-order chi connectivity index (χ1) is 8.90. The number of hydrogen-bond acceptors (Lipinski definition) is 4. The Bertz CT molecular complexity index is 502. The minimum absolute atomic E-state index is 0.0328. The van der Waals surface area contributed by atoms with Gasteiger partial charge in [-0.15, -0.1) is 0 Å². The van der Waals surface area contributed by atoms with Crippen molar-refractivity contribution < 1.29 is 19.8 Å². The molecule has 0 fully saturated rings. The molecule has 0 aliphatic rings. The van der Waals surface area contributed by atoms with Crippen molar-refractivity contribution in [3.63, 3.8) is 0 Å². The van der Waals surface area contributed by atoms with Crippen LogP contribution in [-0.2, 0) is 9.59 Å². The average Bonchev–Trinajstić information content (AvgIpc) is 2.34. The number of aliphatic carboxylic acids is 2.